The summed E-state index contributed by atoms with van der Waals surface area (Å²) in [5, 5.41) is 11.6. The van der Waals surface area contributed by atoms with E-state index in [-0.39, 0.29) is 23.0 Å². The molecule has 0 atom stereocenters. The van der Waals surface area contributed by atoms with Crippen LogP contribution in [-0.2, 0) is 0 Å². The van der Waals surface area contributed by atoms with E-state index in [4.69, 9.17) is 10.8 Å². The third kappa shape index (κ3) is 2.59. The number of benzene rings is 1. The number of carboxylic acid groups (broad SMARTS) is 1. The molecule has 4 nitrogen and oxygen atoms in total. The van der Waals surface area contributed by atoms with Gasteiger partial charge in [0.15, 0.2) is 0 Å². The van der Waals surface area contributed by atoms with Crippen LogP contribution in [0.15, 0.2) is 12.1 Å². The van der Waals surface area contributed by atoms with E-state index in [9.17, 15) is 9.18 Å². The first-order valence-electron chi connectivity index (χ1n) is 4.50. The van der Waals surface area contributed by atoms with Crippen molar-refractivity contribution in [3.05, 3.63) is 23.5 Å². The van der Waals surface area contributed by atoms with Gasteiger partial charge in [0.25, 0.3) is 0 Å². The molecular weight excluding hydrogens is 199 g/mol. The Labute approximate surface area is 86.9 Å². The Balaban J connectivity index is 3.17. The second-order valence-electron chi connectivity index (χ2n) is 3.52. The van der Waals surface area contributed by atoms with Crippen LogP contribution >= 0.6 is 0 Å². The third-order valence-corrected chi connectivity index (χ3v) is 1.81. The molecule has 0 radical (unpaired) electrons. The quantitative estimate of drug-likeness (QED) is 0.669. The number of nitrogens with one attached hydrogen (secondary N) is 1. The molecule has 1 aromatic rings. The molecule has 0 saturated carbocycles. The summed E-state index contributed by atoms with van der Waals surface area (Å²) in [4.78, 5) is 10.7. The van der Waals surface area contributed by atoms with Gasteiger partial charge < -0.3 is 16.2 Å². The van der Waals surface area contributed by atoms with Gasteiger partial charge in [0.2, 0.25) is 0 Å². The minimum Gasteiger partial charge on any atom is -0.478 e. The van der Waals surface area contributed by atoms with Crippen molar-refractivity contribution in [1.82, 2.24) is 0 Å². The maximum Gasteiger partial charge on any atom is 0.337 e. The van der Waals surface area contributed by atoms with E-state index in [2.05, 4.69) is 5.32 Å². The highest BCUT2D eigenvalue weighted by Gasteiger charge is 2.13. The number of carboxylic acids is 1. The number of halogens is 1. The standard InChI is InChI=1S/C10H13FN2O2/c1-5(2)13-9-3-6(10(14)15)8(12)4-7(9)11/h3-5,13H,12H2,1-2H3,(H,14,15). The predicted octanol–water partition coefficient (Wildman–Crippen LogP) is 1.93. The van der Waals surface area contributed by atoms with Gasteiger partial charge in [-0.25, -0.2) is 9.18 Å². The van der Waals surface area contributed by atoms with Gasteiger partial charge in [-0.3, -0.25) is 0 Å². The fourth-order valence-corrected chi connectivity index (χ4v) is 1.20. The smallest absolute Gasteiger partial charge is 0.337 e. The first-order chi connectivity index (χ1) is 6.91. The van der Waals surface area contributed by atoms with E-state index < -0.39 is 11.8 Å². The van der Waals surface area contributed by atoms with E-state index in [1.54, 1.807) is 0 Å². The van der Waals surface area contributed by atoms with Gasteiger partial charge >= 0.3 is 5.97 Å². The molecule has 82 valence electrons. The SMILES string of the molecule is CC(C)Nc1cc(C(=O)O)c(N)cc1F. The molecule has 15 heavy (non-hydrogen) atoms. The van der Waals surface area contributed by atoms with Crippen molar-refractivity contribution in [2.24, 2.45) is 0 Å². The van der Waals surface area contributed by atoms with Crippen LogP contribution in [0.3, 0.4) is 0 Å². The minimum atomic E-state index is -1.17. The van der Waals surface area contributed by atoms with Crippen molar-refractivity contribution < 1.29 is 14.3 Å². The molecule has 0 aliphatic heterocycles. The maximum atomic E-state index is 13.3. The number of hydrogen-bond donors (Lipinski definition) is 3. The first-order valence-corrected chi connectivity index (χ1v) is 4.50. The summed E-state index contributed by atoms with van der Waals surface area (Å²) in [5.74, 6) is -1.72. The Morgan fingerprint density at radius 3 is 2.60 bits per heavy atom. The zero-order chi connectivity index (χ0) is 11.6. The van der Waals surface area contributed by atoms with Crippen LogP contribution in [-0.4, -0.2) is 17.1 Å². The highest BCUT2D eigenvalue weighted by molar-refractivity contribution is 5.94. The molecule has 0 aliphatic carbocycles. The van der Waals surface area contributed by atoms with Crippen molar-refractivity contribution in [3.63, 3.8) is 0 Å². The average Bonchev–Trinajstić information content (AvgIpc) is 2.08. The van der Waals surface area contributed by atoms with Crippen molar-refractivity contribution >= 4 is 17.3 Å². The van der Waals surface area contributed by atoms with E-state index in [1.807, 2.05) is 13.8 Å². The Kier molecular flexibility index (Phi) is 3.14. The van der Waals surface area contributed by atoms with Crippen LogP contribution in [0.2, 0.25) is 0 Å². The lowest BCUT2D eigenvalue weighted by molar-refractivity contribution is 0.0698. The zero-order valence-electron chi connectivity index (χ0n) is 8.54. The molecule has 0 spiro atoms. The number of anilines is 2. The normalized spacial score (nSPS) is 10.4. The second kappa shape index (κ2) is 4.16. The van der Waals surface area contributed by atoms with Gasteiger partial charge in [-0.2, -0.15) is 0 Å². The van der Waals surface area contributed by atoms with Crippen LogP contribution in [0.1, 0.15) is 24.2 Å². The second-order valence-corrected chi connectivity index (χ2v) is 3.52. The first kappa shape index (κ1) is 11.3. The van der Waals surface area contributed by atoms with E-state index in [0.717, 1.165) is 6.07 Å². The molecule has 0 aliphatic rings. The summed E-state index contributed by atoms with van der Waals surface area (Å²) < 4.78 is 13.3. The minimum absolute atomic E-state index is 0.0183. The van der Waals surface area contributed by atoms with Crippen LogP contribution in [0, 0.1) is 5.82 Å². The number of rotatable bonds is 3. The topological polar surface area (TPSA) is 75.3 Å². The molecule has 0 saturated heterocycles. The average molecular weight is 212 g/mol. The molecule has 0 amide bonds. The predicted molar refractivity (Wildman–Crippen MR) is 56.5 cm³/mol. The lowest BCUT2D eigenvalue weighted by Gasteiger charge is -2.12. The lowest BCUT2D eigenvalue weighted by atomic mass is 10.1. The Hall–Kier alpha value is -1.78. The summed E-state index contributed by atoms with van der Waals surface area (Å²) in [5.41, 5.74) is 5.35. The van der Waals surface area contributed by atoms with E-state index in [1.165, 1.54) is 6.07 Å². The fraction of sp³-hybridized carbons (Fsp3) is 0.300. The highest BCUT2D eigenvalue weighted by Crippen LogP contribution is 2.22. The summed E-state index contributed by atoms with van der Waals surface area (Å²) in [6.07, 6.45) is 0. The van der Waals surface area contributed by atoms with Gasteiger partial charge in [0.05, 0.1) is 11.3 Å². The van der Waals surface area contributed by atoms with Gasteiger partial charge in [-0.1, -0.05) is 0 Å². The summed E-state index contributed by atoms with van der Waals surface area (Å²) in [7, 11) is 0. The lowest BCUT2D eigenvalue weighted by Crippen LogP contribution is -2.13. The number of nitrogens with two attached hydrogens (primary N) is 1. The Bertz CT molecular complexity index is 391. The van der Waals surface area contributed by atoms with Gasteiger partial charge in [-0.15, -0.1) is 0 Å². The van der Waals surface area contributed by atoms with Gasteiger partial charge in [0.1, 0.15) is 5.82 Å². The molecule has 0 aromatic heterocycles. The fourth-order valence-electron chi connectivity index (χ4n) is 1.20. The molecule has 1 rings (SSSR count). The van der Waals surface area contributed by atoms with Crippen LogP contribution in [0.4, 0.5) is 15.8 Å². The largest absolute Gasteiger partial charge is 0.478 e. The number of nitrogen functional groups attached to an aromatic ring is 1. The summed E-state index contributed by atoms with van der Waals surface area (Å²) in [6.45, 7) is 3.66. The number of aromatic carboxylic acids is 1. The van der Waals surface area contributed by atoms with E-state index in [0.29, 0.717) is 0 Å². The van der Waals surface area contributed by atoms with E-state index >= 15 is 0 Å². The number of hydrogen-bond acceptors (Lipinski definition) is 3. The molecule has 1 aromatic carbocycles. The maximum absolute atomic E-state index is 13.3. The monoisotopic (exact) mass is 212 g/mol. The van der Waals surface area contributed by atoms with Crippen molar-refractivity contribution in [2.45, 2.75) is 19.9 Å². The Morgan fingerprint density at radius 2 is 2.13 bits per heavy atom. The molecule has 0 heterocycles. The molecule has 0 bridgehead atoms. The van der Waals surface area contributed by atoms with Gasteiger partial charge in [0, 0.05) is 11.7 Å². The third-order valence-electron chi connectivity index (χ3n) is 1.81. The van der Waals surface area contributed by atoms with Crippen LogP contribution < -0.4 is 11.1 Å². The van der Waals surface area contributed by atoms with Crippen LogP contribution in [0.25, 0.3) is 0 Å². The molecule has 0 unspecified atom stereocenters. The summed E-state index contributed by atoms with van der Waals surface area (Å²) >= 11 is 0. The summed E-state index contributed by atoms with van der Waals surface area (Å²) in [6, 6.07) is 2.23. The van der Waals surface area contributed by atoms with Crippen LogP contribution in [0.5, 0.6) is 0 Å². The molecule has 0 fully saturated rings. The molecule has 4 N–H and O–H groups in total. The highest BCUT2D eigenvalue weighted by atomic mass is 19.1. The Morgan fingerprint density at radius 1 is 1.53 bits per heavy atom. The zero-order valence-corrected chi connectivity index (χ0v) is 8.54. The van der Waals surface area contributed by atoms with Crippen molar-refractivity contribution in [2.75, 3.05) is 11.1 Å². The van der Waals surface area contributed by atoms with Crippen molar-refractivity contribution in [1.29, 1.82) is 0 Å². The number of carbonyl (C=O) groups is 1. The molecule has 5 heteroatoms. The van der Waals surface area contributed by atoms with Gasteiger partial charge in [-0.05, 0) is 26.0 Å². The van der Waals surface area contributed by atoms with Crippen molar-refractivity contribution in [3.8, 4) is 0 Å². The molecular formula is C10H13FN2O2.